The zero-order valence-corrected chi connectivity index (χ0v) is 21.5. The third-order valence-corrected chi connectivity index (χ3v) is 9.15. The summed E-state index contributed by atoms with van der Waals surface area (Å²) in [6, 6.07) is 7.07. The van der Waals surface area contributed by atoms with Crippen LogP contribution in [0, 0.1) is 0 Å². The molecule has 2 unspecified atom stereocenters. The summed E-state index contributed by atoms with van der Waals surface area (Å²) in [5.41, 5.74) is -0.547. The lowest BCUT2D eigenvalue weighted by Gasteiger charge is -2.40. The van der Waals surface area contributed by atoms with E-state index < -0.39 is 22.4 Å². The molecule has 2 aromatic heterocycles. The van der Waals surface area contributed by atoms with Crippen molar-refractivity contribution in [2.45, 2.75) is 48.1 Å². The quantitative estimate of drug-likeness (QED) is 0.340. The van der Waals surface area contributed by atoms with Crippen LogP contribution in [0.2, 0.25) is 5.02 Å². The molecule has 0 amide bonds. The summed E-state index contributed by atoms with van der Waals surface area (Å²) in [6.07, 6.45) is 3.58. The van der Waals surface area contributed by atoms with E-state index in [-0.39, 0.29) is 34.5 Å². The number of hydrogen-bond acceptors (Lipinski definition) is 5. The maximum Gasteiger partial charge on any atom is 0.400 e. The lowest BCUT2D eigenvalue weighted by Crippen LogP contribution is -2.47. The maximum absolute atomic E-state index is 13.9. The van der Waals surface area contributed by atoms with Crippen LogP contribution in [0.1, 0.15) is 42.3 Å². The van der Waals surface area contributed by atoms with Crippen molar-refractivity contribution >= 4 is 45.3 Å². The van der Waals surface area contributed by atoms with Crippen LogP contribution in [0.5, 0.6) is 0 Å². The smallest absolute Gasteiger partial charge is 0.254 e. The molecule has 12 heteroatoms. The van der Waals surface area contributed by atoms with Gasteiger partial charge in [0.1, 0.15) is 16.1 Å². The predicted octanol–water partition coefficient (Wildman–Crippen LogP) is 6.93. The molecule has 0 radical (unpaired) electrons. The number of benzene rings is 1. The fraction of sp³-hybridized carbons (Fsp3) is 0.348. The molecule has 0 saturated heterocycles. The van der Waals surface area contributed by atoms with Crippen molar-refractivity contribution in [3.8, 4) is 16.4 Å². The van der Waals surface area contributed by atoms with E-state index in [9.17, 15) is 17.4 Å². The summed E-state index contributed by atoms with van der Waals surface area (Å²) in [5, 5.41) is 13.9. The zero-order chi connectivity index (χ0) is 25.0. The lowest BCUT2D eigenvalue weighted by atomic mass is 9.68. The first-order chi connectivity index (χ1) is 16.6. The van der Waals surface area contributed by atoms with Gasteiger partial charge in [-0.25, -0.2) is 4.68 Å². The van der Waals surface area contributed by atoms with Crippen molar-refractivity contribution < 1.29 is 17.4 Å². The number of aromatic nitrogens is 4. The van der Waals surface area contributed by atoms with Crippen LogP contribution >= 0.6 is 34.5 Å². The van der Waals surface area contributed by atoms with Crippen molar-refractivity contribution in [1.82, 2.24) is 20.0 Å². The number of alkyl halides is 3. The van der Waals surface area contributed by atoms with E-state index in [1.165, 1.54) is 6.26 Å². The monoisotopic (exact) mass is 558 g/mol. The van der Waals surface area contributed by atoms with E-state index in [0.29, 0.717) is 39.2 Å². The molecular weight excluding hydrogens is 540 g/mol. The number of rotatable bonds is 5. The highest BCUT2D eigenvalue weighted by Crippen LogP contribution is 2.55. The molecule has 3 aromatic rings. The molecule has 2 heterocycles. The molecule has 1 aromatic carbocycles. The second-order valence-electron chi connectivity index (χ2n) is 8.52. The molecule has 0 spiro atoms. The summed E-state index contributed by atoms with van der Waals surface area (Å²) in [5.74, 6) is -0.227. The first kappa shape index (κ1) is 24.7. The second-order valence-corrected chi connectivity index (χ2v) is 11.7. The minimum Gasteiger partial charge on any atom is -0.254 e. The number of para-hydroxylation sites is 1. The lowest BCUT2D eigenvalue weighted by molar-refractivity contribution is -0.212. The molecule has 5 rings (SSSR count). The molecule has 2 atom stereocenters. The fourth-order valence-corrected chi connectivity index (χ4v) is 6.92. The Labute approximate surface area is 216 Å². The molecule has 1 fully saturated rings. The molecular formula is C23H19Cl2F3N4OS2. The Morgan fingerprint density at radius 3 is 2.51 bits per heavy atom. The van der Waals surface area contributed by atoms with Gasteiger partial charge in [-0.1, -0.05) is 65.2 Å². The highest BCUT2D eigenvalue weighted by Gasteiger charge is 2.61. The summed E-state index contributed by atoms with van der Waals surface area (Å²) in [6.45, 7) is 0. The number of hydrogen-bond donors (Lipinski definition) is 0. The van der Waals surface area contributed by atoms with Crippen LogP contribution in [0.25, 0.3) is 16.4 Å². The molecule has 0 N–H and O–H groups in total. The highest BCUT2D eigenvalue weighted by molar-refractivity contribution is 7.84. The summed E-state index contributed by atoms with van der Waals surface area (Å²) >= 11 is 13.5. The topological polar surface area (TPSA) is 60.7 Å². The fourth-order valence-electron chi connectivity index (χ4n) is 4.43. The summed E-state index contributed by atoms with van der Waals surface area (Å²) < 4.78 is 56.4. The van der Waals surface area contributed by atoms with Crippen LogP contribution in [0.4, 0.5) is 13.2 Å². The highest BCUT2D eigenvalue weighted by atomic mass is 35.5. The van der Waals surface area contributed by atoms with Gasteiger partial charge in [-0.2, -0.15) is 18.3 Å². The van der Waals surface area contributed by atoms with Crippen LogP contribution in [0.3, 0.4) is 0 Å². The van der Waals surface area contributed by atoms with Crippen molar-refractivity contribution in [2.24, 2.45) is 0 Å². The SMILES string of the molecule is CS(=O)c1c(-c2nnc(C3(C(F)(F)F)CCC3)s2)nn(-c2ccccc2Cl)c1C1C=CC(Cl)=CC1. The van der Waals surface area contributed by atoms with E-state index in [1.807, 2.05) is 12.2 Å². The Bertz CT molecular complexity index is 1380. The largest absolute Gasteiger partial charge is 0.400 e. The Morgan fingerprint density at radius 1 is 1.20 bits per heavy atom. The van der Waals surface area contributed by atoms with Gasteiger partial charge < -0.3 is 0 Å². The standard InChI is InChI=1S/C23H19Cl2F3N4OS2/c1-35(33)19-17(20-29-30-21(34-20)22(11-4-12-22)23(26,27)28)31-32(16-6-3-2-5-15(16)25)18(19)13-7-9-14(24)10-8-13/h2-3,5-7,9-10,13H,4,8,11-12H2,1H3. The Balaban J connectivity index is 1.70. The van der Waals surface area contributed by atoms with Gasteiger partial charge in [0, 0.05) is 17.2 Å². The van der Waals surface area contributed by atoms with E-state index in [1.54, 1.807) is 35.0 Å². The van der Waals surface area contributed by atoms with E-state index in [2.05, 4.69) is 10.2 Å². The van der Waals surface area contributed by atoms with E-state index >= 15 is 0 Å². The Morgan fingerprint density at radius 2 is 1.94 bits per heavy atom. The number of halogens is 5. The van der Waals surface area contributed by atoms with Crippen molar-refractivity contribution in [3.63, 3.8) is 0 Å². The Kier molecular flexibility index (Phi) is 6.44. The van der Waals surface area contributed by atoms with Gasteiger partial charge in [-0.05, 0) is 37.5 Å². The van der Waals surface area contributed by atoms with Crippen molar-refractivity contribution in [2.75, 3.05) is 6.26 Å². The van der Waals surface area contributed by atoms with Crippen LogP contribution in [0.15, 0.2) is 52.4 Å². The third-order valence-electron chi connectivity index (χ3n) is 6.44. The number of nitrogens with zero attached hydrogens (tertiary/aromatic N) is 4. The zero-order valence-electron chi connectivity index (χ0n) is 18.4. The van der Waals surface area contributed by atoms with Gasteiger partial charge in [-0.15, -0.1) is 10.2 Å². The molecule has 1 saturated carbocycles. The predicted molar refractivity (Wildman–Crippen MR) is 132 cm³/mol. The van der Waals surface area contributed by atoms with Crippen LogP contribution in [-0.4, -0.2) is 36.6 Å². The van der Waals surface area contributed by atoms with Crippen LogP contribution < -0.4 is 0 Å². The van der Waals surface area contributed by atoms with Crippen LogP contribution in [-0.2, 0) is 16.2 Å². The maximum atomic E-state index is 13.9. The van der Waals surface area contributed by atoms with Crippen molar-refractivity contribution in [1.29, 1.82) is 0 Å². The first-order valence-corrected chi connectivity index (χ1v) is 13.9. The van der Waals surface area contributed by atoms with E-state index in [0.717, 1.165) is 11.3 Å². The van der Waals surface area contributed by atoms with Gasteiger partial charge in [0.05, 0.1) is 32.1 Å². The normalized spacial score (nSPS) is 20.4. The molecule has 2 aliphatic rings. The minimum atomic E-state index is -4.42. The summed E-state index contributed by atoms with van der Waals surface area (Å²) in [4.78, 5) is 0.392. The number of allylic oxidation sites excluding steroid dienone is 4. The van der Waals surface area contributed by atoms with Gasteiger partial charge >= 0.3 is 6.18 Å². The molecule has 0 bridgehead atoms. The average Bonchev–Trinajstić information content (AvgIpc) is 3.38. The molecule has 2 aliphatic carbocycles. The molecule has 5 nitrogen and oxygen atoms in total. The van der Waals surface area contributed by atoms with Gasteiger partial charge in [0.25, 0.3) is 0 Å². The summed E-state index contributed by atoms with van der Waals surface area (Å²) in [7, 11) is -1.54. The molecule has 0 aliphatic heterocycles. The van der Waals surface area contributed by atoms with Crippen molar-refractivity contribution in [3.05, 3.63) is 63.2 Å². The van der Waals surface area contributed by atoms with Gasteiger partial charge in [-0.3, -0.25) is 4.21 Å². The van der Waals surface area contributed by atoms with Gasteiger partial charge in [0.15, 0.2) is 5.01 Å². The molecule has 184 valence electrons. The average molecular weight is 559 g/mol. The molecule has 35 heavy (non-hydrogen) atoms. The van der Waals surface area contributed by atoms with Gasteiger partial charge in [0.2, 0.25) is 0 Å². The van der Waals surface area contributed by atoms with E-state index in [4.69, 9.17) is 28.3 Å². The third kappa shape index (κ3) is 4.18. The minimum absolute atomic E-state index is 0.0169. The Hall–Kier alpha value is -2.01. The second kappa shape index (κ2) is 9.14. The first-order valence-electron chi connectivity index (χ1n) is 10.8.